The summed E-state index contributed by atoms with van der Waals surface area (Å²) in [6.07, 6.45) is -0.113. The van der Waals surface area contributed by atoms with E-state index in [1.165, 1.54) is 0 Å². The van der Waals surface area contributed by atoms with Gasteiger partial charge in [-0.05, 0) is 24.6 Å². The molecule has 6 heteroatoms. The lowest BCUT2D eigenvalue weighted by Crippen LogP contribution is -2.13. The Kier molecular flexibility index (Phi) is 4.45. The zero-order valence-electron chi connectivity index (χ0n) is 11.1. The molecule has 0 bridgehead atoms. The Hall–Kier alpha value is -2.24. The van der Waals surface area contributed by atoms with Gasteiger partial charge in [0.1, 0.15) is 0 Å². The number of hydrogen-bond acceptors (Lipinski definition) is 5. The number of carboxylic acid groups (broad SMARTS) is 1. The summed E-state index contributed by atoms with van der Waals surface area (Å²) in [5.74, 6) is -0.616. The Morgan fingerprint density at radius 2 is 2.05 bits per heavy atom. The van der Waals surface area contributed by atoms with Crippen LogP contribution in [-0.4, -0.2) is 30.4 Å². The molecule has 0 saturated carbocycles. The van der Waals surface area contributed by atoms with Gasteiger partial charge in [0.2, 0.25) is 6.79 Å². The second-order valence-corrected chi connectivity index (χ2v) is 4.42. The van der Waals surface area contributed by atoms with Gasteiger partial charge in [0.25, 0.3) is 0 Å². The van der Waals surface area contributed by atoms with Crippen molar-refractivity contribution >= 4 is 11.9 Å². The number of carbonyl (C=O) groups is 2. The fourth-order valence-electron chi connectivity index (χ4n) is 2.11. The number of rotatable bonds is 6. The van der Waals surface area contributed by atoms with Crippen LogP contribution < -0.4 is 9.47 Å². The van der Waals surface area contributed by atoms with E-state index in [1.54, 1.807) is 25.1 Å². The van der Waals surface area contributed by atoms with Gasteiger partial charge in [0, 0.05) is 5.92 Å². The fraction of sp³-hybridized carbons (Fsp3) is 0.429. The molecular weight excluding hydrogens is 264 g/mol. The maximum atomic E-state index is 11.6. The van der Waals surface area contributed by atoms with Crippen LogP contribution in [0.5, 0.6) is 11.5 Å². The molecule has 0 spiro atoms. The summed E-state index contributed by atoms with van der Waals surface area (Å²) in [6, 6.07) is 5.19. The first-order valence-electron chi connectivity index (χ1n) is 6.37. The van der Waals surface area contributed by atoms with Gasteiger partial charge in [-0.3, -0.25) is 9.59 Å². The van der Waals surface area contributed by atoms with Gasteiger partial charge in [0.05, 0.1) is 19.4 Å². The van der Waals surface area contributed by atoms with Gasteiger partial charge in [-0.2, -0.15) is 0 Å². The Morgan fingerprint density at radius 3 is 2.75 bits per heavy atom. The van der Waals surface area contributed by atoms with E-state index in [0.29, 0.717) is 11.5 Å². The lowest BCUT2D eigenvalue weighted by Gasteiger charge is -2.15. The molecule has 1 atom stereocenters. The van der Waals surface area contributed by atoms with E-state index in [1.807, 2.05) is 0 Å². The normalized spacial score (nSPS) is 13.8. The molecular formula is C14H16O6. The van der Waals surface area contributed by atoms with Crippen LogP contribution in [0.2, 0.25) is 0 Å². The molecule has 0 radical (unpaired) electrons. The first-order chi connectivity index (χ1) is 9.60. The van der Waals surface area contributed by atoms with Gasteiger partial charge in [0.15, 0.2) is 11.5 Å². The van der Waals surface area contributed by atoms with Crippen LogP contribution in [0.1, 0.15) is 31.2 Å². The Bertz CT molecular complexity index is 510. The Morgan fingerprint density at radius 1 is 1.30 bits per heavy atom. The second kappa shape index (κ2) is 6.27. The summed E-state index contributed by atoms with van der Waals surface area (Å²) in [7, 11) is 0. The van der Waals surface area contributed by atoms with Crippen molar-refractivity contribution in [3.63, 3.8) is 0 Å². The highest BCUT2D eigenvalue weighted by molar-refractivity contribution is 5.74. The van der Waals surface area contributed by atoms with E-state index in [-0.39, 0.29) is 26.2 Å². The van der Waals surface area contributed by atoms with Crippen molar-refractivity contribution in [2.75, 3.05) is 13.4 Å². The number of fused-ring (bicyclic) bond motifs is 1. The minimum atomic E-state index is -0.961. The molecule has 0 saturated heterocycles. The van der Waals surface area contributed by atoms with Crippen molar-refractivity contribution in [3.8, 4) is 11.5 Å². The molecule has 0 aliphatic carbocycles. The van der Waals surface area contributed by atoms with Crippen molar-refractivity contribution in [1.29, 1.82) is 0 Å². The molecule has 1 heterocycles. The monoisotopic (exact) mass is 280 g/mol. The SMILES string of the molecule is CCOC(=O)C[C@H](CC(=O)O)c1ccc2c(c1)OCO2. The topological polar surface area (TPSA) is 82.1 Å². The van der Waals surface area contributed by atoms with E-state index in [0.717, 1.165) is 5.56 Å². The summed E-state index contributed by atoms with van der Waals surface area (Å²) in [5, 5.41) is 8.97. The first-order valence-corrected chi connectivity index (χ1v) is 6.37. The van der Waals surface area contributed by atoms with Gasteiger partial charge in [-0.15, -0.1) is 0 Å². The second-order valence-electron chi connectivity index (χ2n) is 4.42. The van der Waals surface area contributed by atoms with Crippen LogP contribution in [0, 0.1) is 0 Å². The molecule has 6 nitrogen and oxygen atoms in total. The van der Waals surface area contributed by atoms with Gasteiger partial charge < -0.3 is 19.3 Å². The molecule has 0 aromatic heterocycles. The van der Waals surface area contributed by atoms with Crippen LogP contribution in [0.15, 0.2) is 18.2 Å². The predicted octanol–water partition coefficient (Wildman–Crippen LogP) is 1.93. The Balaban J connectivity index is 2.17. The number of benzene rings is 1. The summed E-state index contributed by atoms with van der Waals surface area (Å²) in [4.78, 5) is 22.5. The van der Waals surface area contributed by atoms with E-state index < -0.39 is 17.9 Å². The van der Waals surface area contributed by atoms with Crippen LogP contribution in [0.25, 0.3) is 0 Å². The molecule has 20 heavy (non-hydrogen) atoms. The third kappa shape index (κ3) is 3.40. The fourth-order valence-corrected chi connectivity index (χ4v) is 2.11. The highest BCUT2D eigenvalue weighted by Crippen LogP contribution is 2.36. The minimum absolute atomic E-state index is 0.0276. The predicted molar refractivity (Wildman–Crippen MR) is 68.8 cm³/mol. The third-order valence-electron chi connectivity index (χ3n) is 3.01. The standard InChI is InChI=1S/C14H16O6/c1-2-18-14(17)7-10(6-13(15)16)9-3-4-11-12(5-9)20-8-19-11/h3-5,10H,2,6-8H2,1H3,(H,15,16)/t10-/m0/s1. The van der Waals surface area contributed by atoms with Crippen molar-refractivity contribution in [2.24, 2.45) is 0 Å². The summed E-state index contributed by atoms with van der Waals surface area (Å²) >= 11 is 0. The maximum Gasteiger partial charge on any atom is 0.306 e. The lowest BCUT2D eigenvalue weighted by molar-refractivity contribution is -0.144. The molecule has 1 aliphatic heterocycles. The van der Waals surface area contributed by atoms with E-state index in [2.05, 4.69) is 0 Å². The molecule has 0 unspecified atom stereocenters. The number of esters is 1. The number of ether oxygens (including phenoxy) is 3. The molecule has 1 aromatic rings. The quantitative estimate of drug-likeness (QED) is 0.802. The zero-order valence-corrected chi connectivity index (χ0v) is 11.1. The van der Waals surface area contributed by atoms with E-state index in [9.17, 15) is 9.59 Å². The van der Waals surface area contributed by atoms with Crippen LogP contribution in [-0.2, 0) is 14.3 Å². The van der Waals surface area contributed by atoms with E-state index in [4.69, 9.17) is 19.3 Å². The van der Waals surface area contributed by atoms with Crippen LogP contribution >= 0.6 is 0 Å². The number of carboxylic acids is 1. The summed E-state index contributed by atoms with van der Waals surface area (Å²) in [6.45, 7) is 2.14. The number of carbonyl (C=O) groups excluding carboxylic acids is 1. The van der Waals surface area contributed by atoms with Crippen LogP contribution in [0.3, 0.4) is 0 Å². The number of aliphatic carboxylic acids is 1. The molecule has 108 valence electrons. The van der Waals surface area contributed by atoms with Gasteiger partial charge in [-0.1, -0.05) is 6.07 Å². The molecule has 1 N–H and O–H groups in total. The average molecular weight is 280 g/mol. The van der Waals surface area contributed by atoms with Crippen molar-refractivity contribution < 1.29 is 28.9 Å². The average Bonchev–Trinajstić information content (AvgIpc) is 2.84. The minimum Gasteiger partial charge on any atom is -0.481 e. The lowest BCUT2D eigenvalue weighted by atomic mass is 9.92. The van der Waals surface area contributed by atoms with Gasteiger partial charge in [-0.25, -0.2) is 0 Å². The van der Waals surface area contributed by atoms with Gasteiger partial charge >= 0.3 is 11.9 Å². The molecule has 0 fully saturated rings. The molecule has 2 rings (SSSR count). The molecule has 0 amide bonds. The van der Waals surface area contributed by atoms with Crippen LogP contribution in [0.4, 0.5) is 0 Å². The number of hydrogen-bond donors (Lipinski definition) is 1. The summed E-state index contributed by atoms with van der Waals surface area (Å²) < 4.78 is 15.3. The highest BCUT2D eigenvalue weighted by atomic mass is 16.7. The zero-order chi connectivity index (χ0) is 14.5. The van der Waals surface area contributed by atoms with Crippen molar-refractivity contribution in [3.05, 3.63) is 23.8 Å². The largest absolute Gasteiger partial charge is 0.481 e. The summed E-state index contributed by atoms with van der Waals surface area (Å²) in [5.41, 5.74) is 0.727. The molecule has 1 aliphatic rings. The molecule has 1 aromatic carbocycles. The van der Waals surface area contributed by atoms with Crippen molar-refractivity contribution in [2.45, 2.75) is 25.7 Å². The smallest absolute Gasteiger partial charge is 0.306 e. The van der Waals surface area contributed by atoms with Crippen molar-refractivity contribution in [1.82, 2.24) is 0 Å². The third-order valence-corrected chi connectivity index (χ3v) is 3.01. The maximum absolute atomic E-state index is 11.6. The Labute approximate surface area is 116 Å². The van der Waals surface area contributed by atoms with E-state index >= 15 is 0 Å². The highest BCUT2D eigenvalue weighted by Gasteiger charge is 2.23. The first kappa shape index (κ1) is 14.2.